The van der Waals surface area contributed by atoms with E-state index < -0.39 is 0 Å². The van der Waals surface area contributed by atoms with Crippen LogP contribution in [0, 0.1) is 5.92 Å². The molecular weight excluding hydrogens is 154 g/mol. The van der Waals surface area contributed by atoms with Crippen molar-refractivity contribution < 1.29 is 4.79 Å². The lowest BCUT2D eigenvalue weighted by Gasteiger charge is -2.29. The molecule has 4 N–H and O–H groups in total. The quantitative estimate of drug-likeness (QED) is 0.513. The van der Waals surface area contributed by atoms with E-state index in [1.165, 1.54) is 0 Å². The highest BCUT2D eigenvalue weighted by molar-refractivity contribution is 5.75. The molecule has 0 aromatic carbocycles. The Labute approximate surface area is 72.9 Å². The van der Waals surface area contributed by atoms with Crippen molar-refractivity contribution >= 4 is 5.91 Å². The fourth-order valence-electron chi connectivity index (χ4n) is 1.55. The maximum Gasteiger partial charge on any atom is 0.231 e. The fourth-order valence-corrected chi connectivity index (χ4v) is 1.55. The zero-order valence-electron chi connectivity index (χ0n) is 7.47. The number of nitrogens with one attached hydrogen (secondary N) is 2. The van der Waals surface area contributed by atoms with E-state index in [0.717, 1.165) is 19.5 Å². The third-order valence-electron chi connectivity index (χ3n) is 2.32. The fraction of sp³-hybridized carbons (Fsp3) is 0.875. The van der Waals surface area contributed by atoms with Gasteiger partial charge in [-0.3, -0.25) is 4.79 Å². The van der Waals surface area contributed by atoms with Gasteiger partial charge in [0.2, 0.25) is 5.91 Å². The molecule has 12 heavy (non-hydrogen) atoms. The smallest absolute Gasteiger partial charge is 0.231 e. The summed E-state index contributed by atoms with van der Waals surface area (Å²) in [5.41, 5.74) is 5.04. The van der Waals surface area contributed by atoms with Crippen molar-refractivity contribution in [1.82, 2.24) is 10.6 Å². The molecule has 1 fully saturated rings. The van der Waals surface area contributed by atoms with Gasteiger partial charge in [-0.15, -0.1) is 0 Å². The van der Waals surface area contributed by atoms with Gasteiger partial charge in [-0.2, -0.15) is 0 Å². The standard InChI is InChI=1S/C8H17N3O/c1-6-4-10-3-2-7(6)11-5-8(9)12/h6-7,10-11H,2-5H2,1H3,(H2,9,12). The van der Waals surface area contributed by atoms with Crippen molar-refractivity contribution in [2.45, 2.75) is 19.4 Å². The highest BCUT2D eigenvalue weighted by Crippen LogP contribution is 2.09. The first-order valence-corrected chi connectivity index (χ1v) is 4.42. The molecule has 0 bridgehead atoms. The Morgan fingerprint density at radius 1 is 1.75 bits per heavy atom. The first kappa shape index (κ1) is 9.48. The van der Waals surface area contributed by atoms with Crippen LogP contribution in [0.3, 0.4) is 0 Å². The van der Waals surface area contributed by atoms with Crippen molar-refractivity contribution in [3.63, 3.8) is 0 Å². The molecule has 0 spiro atoms. The number of carbonyl (C=O) groups is 1. The van der Waals surface area contributed by atoms with E-state index in [4.69, 9.17) is 5.73 Å². The van der Waals surface area contributed by atoms with Gasteiger partial charge in [0, 0.05) is 6.04 Å². The average Bonchev–Trinajstić information content (AvgIpc) is 2.03. The predicted molar refractivity (Wildman–Crippen MR) is 47.6 cm³/mol. The van der Waals surface area contributed by atoms with Crippen molar-refractivity contribution in [3.8, 4) is 0 Å². The third kappa shape index (κ3) is 2.79. The van der Waals surface area contributed by atoms with Gasteiger partial charge < -0.3 is 16.4 Å². The Hall–Kier alpha value is -0.610. The second kappa shape index (κ2) is 4.42. The van der Waals surface area contributed by atoms with Crippen LogP contribution in [-0.4, -0.2) is 31.6 Å². The normalized spacial score (nSPS) is 30.1. The lowest BCUT2D eigenvalue weighted by atomic mass is 9.95. The van der Waals surface area contributed by atoms with Gasteiger partial charge in [0.25, 0.3) is 0 Å². The van der Waals surface area contributed by atoms with Gasteiger partial charge in [-0.05, 0) is 25.4 Å². The van der Waals surface area contributed by atoms with Gasteiger partial charge >= 0.3 is 0 Å². The lowest BCUT2D eigenvalue weighted by molar-refractivity contribution is -0.117. The second-order valence-corrected chi connectivity index (χ2v) is 3.42. The topological polar surface area (TPSA) is 67.2 Å². The average molecular weight is 171 g/mol. The summed E-state index contributed by atoms with van der Waals surface area (Å²) in [6.45, 7) is 4.52. The van der Waals surface area contributed by atoms with Crippen LogP contribution in [0.4, 0.5) is 0 Å². The Bertz CT molecular complexity index is 160. The maximum atomic E-state index is 10.5. The summed E-state index contributed by atoms with van der Waals surface area (Å²) >= 11 is 0. The van der Waals surface area contributed by atoms with Crippen LogP contribution in [0.25, 0.3) is 0 Å². The van der Waals surface area contributed by atoms with E-state index in [0.29, 0.717) is 18.5 Å². The number of amides is 1. The van der Waals surface area contributed by atoms with Gasteiger partial charge in [0.1, 0.15) is 0 Å². The van der Waals surface area contributed by atoms with Gasteiger partial charge in [-0.1, -0.05) is 6.92 Å². The Morgan fingerprint density at radius 3 is 3.08 bits per heavy atom. The molecule has 4 nitrogen and oxygen atoms in total. The van der Waals surface area contributed by atoms with Crippen LogP contribution in [-0.2, 0) is 4.79 Å². The van der Waals surface area contributed by atoms with Crippen LogP contribution < -0.4 is 16.4 Å². The molecule has 0 aromatic heterocycles. The Kier molecular flexibility index (Phi) is 3.49. The minimum absolute atomic E-state index is 0.277. The van der Waals surface area contributed by atoms with Gasteiger partial charge in [-0.25, -0.2) is 0 Å². The largest absolute Gasteiger partial charge is 0.369 e. The van der Waals surface area contributed by atoms with Crippen LogP contribution >= 0.6 is 0 Å². The molecule has 0 aliphatic carbocycles. The van der Waals surface area contributed by atoms with Gasteiger partial charge in [0.15, 0.2) is 0 Å². The van der Waals surface area contributed by atoms with Crippen LogP contribution in [0.5, 0.6) is 0 Å². The van der Waals surface area contributed by atoms with E-state index in [9.17, 15) is 4.79 Å². The molecule has 1 aliphatic rings. The van der Waals surface area contributed by atoms with Crippen molar-refractivity contribution in [3.05, 3.63) is 0 Å². The molecule has 2 unspecified atom stereocenters. The molecule has 1 amide bonds. The first-order chi connectivity index (χ1) is 5.70. The highest BCUT2D eigenvalue weighted by Gasteiger charge is 2.20. The zero-order valence-corrected chi connectivity index (χ0v) is 7.47. The van der Waals surface area contributed by atoms with E-state index in [1.807, 2.05) is 0 Å². The molecule has 0 saturated carbocycles. The number of carbonyl (C=O) groups excluding carboxylic acids is 1. The maximum absolute atomic E-state index is 10.5. The molecule has 0 radical (unpaired) electrons. The van der Waals surface area contributed by atoms with E-state index in [-0.39, 0.29) is 5.91 Å². The summed E-state index contributed by atoms with van der Waals surface area (Å²) in [5.74, 6) is 0.304. The summed E-state index contributed by atoms with van der Waals surface area (Å²) in [5, 5.41) is 6.45. The molecule has 2 atom stereocenters. The Morgan fingerprint density at radius 2 is 2.50 bits per heavy atom. The minimum Gasteiger partial charge on any atom is -0.369 e. The molecule has 1 aliphatic heterocycles. The summed E-state index contributed by atoms with van der Waals surface area (Å²) in [7, 11) is 0. The molecule has 4 heteroatoms. The van der Waals surface area contributed by atoms with Crippen LogP contribution in [0.1, 0.15) is 13.3 Å². The molecule has 1 heterocycles. The van der Waals surface area contributed by atoms with Crippen LogP contribution in [0.15, 0.2) is 0 Å². The van der Waals surface area contributed by atoms with Gasteiger partial charge in [0.05, 0.1) is 6.54 Å². The molecule has 1 saturated heterocycles. The number of hydrogen-bond acceptors (Lipinski definition) is 3. The molecular formula is C8H17N3O. The number of rotatable bonds is 3. The first-order valence-electron chi connectivity index (χ1n) is 4.42. The SMILES string of the molecule is CC1CNCCC1NCC(N)=O. The summed E-state index contributed by atoms with van der Waals surface area (Å²) < 4.78 is 0. The minimum atomic E-state index is -0.277. The number of nitrogens with two attached hydrogens (primary N) is 1. The van der Waals surface area contributed by atoms with E-state index in [2.05, 4.69) is 17.6 Å². The second-order valence-electron chi connectivity index (χ2n) is 3.42. The predicted octanol–water partition coefficient (Wildman–Crippen LogP) is -0.941. The van der Waals surface area contributed by atoms with E-state index in [1.54, 1.807) is 0 Å². The monoisotopic (exact) mass is 171 g/mol. The molecule has 70 valence electrons. The summed E-state index contributed by atoms with van der Waals surface area (Å²) in [6, 6.07) is 0.443. The van der Waals surface area contributed by atoms with Crippen molar-refractivity contribution in [1.29, 1.82) is 0 Å². The summed E-state index contributed by atoms with van der Waals surface area (Å²) in [4.78, 5) is 10.5. The van der Waals surface area contributed by atoms with Crippen molar-refractivity contribution in [2.75, 3.05) is 19.6 Å². The number of piperidine rings is 1. The molecule has 1 rings (SSSR count). The Balaban J connectivity index is 2.24. The number of primary amides is 1. The number of hydrogen-bond donors (Lipinski definition) is 3. The highest BCUT2D eigenvalue weighted by atomic mass is 16.1. The van der Waals surface area contributed by atoms with Crippen LogP contribution in [0.2, 0.25) is 0 Å². The lowest BCUT2D eigenvalue weighted by Crippen LogP contribution is -2.48. The molecule has 0 aromatic rings. The third-order valence-corrected chi connectivity index (χ3v) is 2.32. The summed E-state index contributed by atoms with van der Waals surface area (Å²) in [6.07, 6.45) is 1.08. The van der Waals surface area contributed by atoms with E-state index >= 15 is 0 Å². The zero-order chi connectivity index (χ0) is 8.97. The van der Waals surface area contributed by atoms with Crippen molar-refractivity contribution in [2.24, 2.45) is 11.7 Å².